The molecular weight excluding hydrogens is 574 g/mol. The summed E-state index contributed by atoms with van der Waals surface area (Å²) in [6.45, 7) is 5.22. The molecule has 206 valence electrons. The molecule has 1 aliphatic rings. The fraction of sp³-hybridized carbons (Fsp3) is 0.385. The Balaban J connectivity index is 1.70. The van der Waals surface area contributed by atoms with Gasteiger partial charge in [-0.05, 0) is 37.6 Å². The molecule has 0 N–H and O–H groups in total. The lowest BCUT2D eigenvalue weighted by Gasteiger charge is -2.26. The molecule has 0 aliphatic carbocycles. The van der Waals surface area contributed by atoms with Crippen molar-refractivity contribution in [2.45, 2.75) is 26.7 Å². The average Bonchev–Trinajstić information content (AvgIpc) is 2.93. The van der Waals surface area contributed by atoms with Gasteiger partial charge in [0.15, 0.2) is 12.4 Å². The monoisotopic (exact) mass is 601 g/mol. The van der Waals surface area contributed by atoms with Crippen LogP contribution in [0.15, 0.2) is 44.7 Å². The molecule has 0 unspecified atom stereocenters. The van der Waals surface area contributed by atoms with Gasteiger partial charge in [-0.3, -0.25) is 19.7 Å². The Morgan fingerprint density at radius 3 is 2.69 bits per heavy atom. The van der Waals surface area contributed by atoms with Gasteiger partial charge < -0.3 is 19.1 Å². The number of halogens is 1. The molecule has 3 aromatic rings. The number of amides is 1. The number of aryl methyl sites for hydroxylation is 1. The third kappa shape index (κ3) is 6.60. The summed E-state index contributed by atoms with van der Waals surface area (Å²) in [7, 11) is 0. The minimum atomic E-state index is -0.613. The molecular formula is C26H28BrN5O7. The average molecular weight is 602 g/mol. The maximum Gasteiger partial charge on any atom is 0.315 e. The van der Waals surface area contributed by atoms with Crippen molar-refractivity contribution in [2.75, 3.05) is 39.5 Å². The van der Waals surface area contributed by atoms with E-state index in [1.165, 1.54) is 23.0 Å². The number of benzene rings is 2. The summed E-state index contributed by atoms with van der Waals surface area (Å²) in [4.78, 5) is 43.4. The van der Waals surface area contributed by atoms with Crippen LogP contribution in [0.5, 0.6) is 11.5 Å². The molecule has 1 fully saturated rings. The van der Waals surface area contributed by atoms with Crippen LogP contribution in [0.3, 0.4) is 0 Å². The zero-order chi connectivity index (χ0) is 27.9. The van der Waals surface area contributed by atoms with Crippen LogP contribution in [0.4, 0.5) is 5.69 Å². The highest BCUT2D eigenvalue weighted by Crippen LogP contribution is 2.38. The largest absolute Gasteiger partial charge is 0.490 e. The lowest BCUT2D eigenvalue weighted by Crippen LogP contribution is -2.43. The number of fused-ring (bicyclic) bond motifs is 1. The van der Waals surface area contributed by atoms with Crippen molar-refractivity contribution in [2.24, 2.45) is 5.10 Å². The van der Waals surface area contributed by atoms with E-state index in [0.717, 1.165) is 10.9 Å². The molecule has 12 nitrogen and oxygen atoms in total. The maximum atomic E-state index is 13.3. The minimum Gasteiger partial charge on any atom is -0.490 e. The molecule has 1 amide bonds. The summed E-state index contributed by atoms with van der Waals surface area (Å²) in [5.41, 5.74) is 0.113. The lowest BCUT2D eigenvalue weighted by molar-refractivity contribution is -0.385. The van der Waals surface area contributed by atoms with Gasteiger partial charge in [0, 0.05) is 35.6 Å². The van der Waals surface area contributed by atoms with Crippen molar-refractivity contribution in [3.05, 3.63) is 66.7 Å². The zero-order valence-electron chi connectivity index (χ0n) is 21.6. The highest BCUT2D eigenvalue weighted by molar-refractivity contribution is 9.10. The van der Waals surface area contributed by atoms with E-state index >= 15 is 0 Å². The summed E-state index contributed by atoms with van der Waals surface area (Å²) in [5, 5.41) is 16.7. The number of nitro groups is 1. The lowest BCUT2D eigenvalue weighted by atomic mass is 10.2. The molecule has 1 saturated heterocycles. The van der Waals surface area contributed by atoms with E-state index in [1.54, 1.807) is 24.0 Å². The van der Waals surface area contributed by atoms with Crippen molar-refractivity contribution in [3.63, 3.8) is 0 Å². The van der Waals surface area contributed by atoms with E-state index in [4.69, 9.17) is 14.2 Å². The highest BCUT2D eigenvalue weighted by atomic mass is 79.9. The minimum absolute atomic E-state index is 0.0876. The molecule has 13 heteroatoms. The van der Waals surface area contributed by atoms with Crippen molar-refractivity contribution < 1.29 is 23.9 Å². The van der Waals surface area contributed by atoms with E-state index < -0.39 is 4.92 Å². The van der Waals surface area contributed by atoms with Gasteiger partial charge in [0.25, 0.3) is 11.5 Å². The molecule has 0 radical (unpaired) electrons. The molecule has 1 aliphatic heterocycles. The third-order valence-corrected chi connectivity index (χ3v) is 6.42. The second kappa shape index (κ2) is 12.8. The van der Waals surface area contributed by atoms with E-state index in [-0.39, 0.29) is 41.9 Å². The second-order valence-electron chi connectivity index (χ2n) is 8.64. The number of hydrogen-bond donors (Lipinski definition) is 0. The predicted octanol–water partition coefficient (Wildman–Crippen LogP) is 3.54. The van der Waals surface area contributed by atoms with Crippen LogP contribution in [0.25, 0.3) is 10.9 Å². The maximum absolute atomic E-state index is 13.3. The van der Waals surface area contributed by atoms with Gasteiger partial charge in [-0.1, -0.05) is 22.9 Å². The predicted molar refractivity (Wildman–Crippen MR) is 148 cm³/mol. The van der Waals surface area contributed by atoms with Gasteiger partial charge in [-0.25, -0.2) is 4.98 Å². The Morgan fingerprint density at radius 1 is 1.23 bits per heavy atom. The number of carbonyl (C=O) groups is 1. The molecule has 0 saturated carbocycles. The van der Waals surface area contributed by atoms with Crippen LogP contribution in [0, 0.1) is 10.1 Å². The zero-order valence-corrected chi connectivity index (χ0v) is 23.2. The summed E-state index contributed by atoms with van der Waals surface area (Å²) in [6, 6.07) is 8.02. The van der Waals surface area contributed by atoms with E-state index in [9.17, 15) is 19.7 Å². The third-order valence-electron chi connectivity index (χ3n) is 5.93. The van der Waals surface area contributed by atoms with Crippen LogP contribution in [-0.2, 0) is 16.0 Å². The summed E-state index contributed by atoms with van der Waals surface area (Å²) in [6.07, 6.45) is 2.58. The van der Waals surface area contributed by atoms with Gasteiger partial charge in [-0.2, -0.15) is 9.78 Å². The van der Waals surface area contributed by atoms with E-state index in [1.807, 2.05) is 13.0 Å². The standard InChI is InChI=1S/C26H28BrN5O7/c1-3-5-23-29-20-7-6-18(27)14-19(20)26(34)31(23)28-15-17-12-21(32(35)36)25(22(13-17)38-4-2)39-16-24(33)30-8-10-37-11-9-30/h6-7,12-15H,3-5,8-11,16H2,1-2H3. The molecule has 0 spiro atoms. The normalized spacial score (nSPS) is 13.7. The van der Waals surface area contributed by atoms with Crippen LogP contribution in [-0.4, -0.2) is 71.1 Å². The van der Waals surface area contributed by atoms with Crippen LogP contribution in [0.1, 0.15) is 31.7 Å². The first-order valence-corrected chi connectivity index (χ1v) is 13.3. The molecule has 0 bridgehead atoms. The number of nitrogens with zero attached hydrogens (tertiary/aromatic N) is 5. The van der Waals surface area contributed by atoms with Gasteiger partial charge in [0.05, 0.1) is 41.9 Å². The molecule has 0 atom stereocenters. The number of rotatable bonds is 10. The van der Waals surface area contributed by atoms with Crippen molar-refractivity contribution in [1.82, 2.24) is 14.6 Å². The second-order valence-corrected chi connectivity index (χ2v) is 9.56. The fourth-order valence-corrected chi connectivity index (χ4v) is 4.45. The fourth-order valence-electron chi connectivity index (χ4n) is 4.09. The van der Waals surface area contributed by atoms with E-state index in [2.05, 4.69) is 26.0 Å². The summed E-state index contributed by atoms with van der Waals surface area (Å²) >= 11 is 3.38. The first-order chi connectivity index (χ1) is 18.8. The Labute approximate surface area is 232 Å². The number of aromatic nitrogens is 2. The molecule has 4 rings (SSSR count). The number of nitro benzene ring substituents is 1. The first kappa shape index (κ1) is 28.2. The first-order valence-electron chi connectivity index (χ1n) is 12.5. The van der Waals surface area contributed by atoms with Crippen molar-refractivity contribution in [3.8, 4) is 11.5 Å². The SMILES string of the molecule is CCCc1nc2ccc(Br)cc2c(=O)n1N=Cc1cc(OCC)c(OCC(=O)N2CCOCC2)c([N+](=O)[O-])c1. The van der Waals surface area contributed by atoms with Gasteiger partial charge in [-0.15, -0.1) is 0 Å². The van der Waals surface area contributed by atoms with Gasteiger partial charge in [0.2, 0.25) is 5.75 Å². The van der Waals surface area contributed by atoms with Crippen molar-refractivity contribution in [1.29, 1.82) is 0 Å². The molecule has 2 heterocycles. The number of hydrogen-bond acceptors (Lipinski definition) is 9. The number of morpholine rings is 1. The van der Waals surface area contributed by atoms with Gasteiger partial charge in [0.1, 0.15) is 5.82 Å². The Kier molecular flexibility index (Phi) is 9.25. The quantitative estimate of drug-likeness (QED) is 0.195. The molecule has 1 aromatic heterocycles. The van der Waals surface area contributed by atoms with Crippen LogP contribution in [0.2, 0.25) is 0 Å². The van der Waals surface area contributed by atoms with Crippen LogP contribution < -0.4 is 15.0 Å². The molecule has 39 heavy (non-hydrogen) atoms. The number of ether oxygens (including phenoxy) is 3. The number of carbonyl (C=O) groups excluding carboxylic acids is 1. The Bertz CT molecular complexity index is 1470. The highest BCUT2D eigenvalue weighted by Gasteiger charge is 2.25. The van der Waals surface area contributed by atoms with Gasteiger partial charge >= 0.3 is 5.69 Å². The van der Waals surface area contributed by atoms with Crippen molar-refractivity contribution >= 4 is 44.6 Å². The molecule has 2 aromatic carbocycles. The summed E-state index contributed by atoms with van der Waals surface area (Å²) in [5.74, 6) is 0.0972. The Morgan fingerprint density at radius 2 is 2.00 bits per heavy atom. The van der Waals surface area contributed by atoms with E-state index in [0.29, 0.717) is 55.0 Å². The topological polar surface area (TPSA) is 138 Å². The Hall–Kier alpha value is -3.84. The smallest absolute Gasteiger partial charge is 0.315 e. The van der Waals surface area contributed by atoms with Crippen LogP contribution >= 0.6 is 15.9 Å². The summed E-state index contributed by atoms with van der Waals surface area (Å²) < 4.78 is 18.5.